The van der Waals surface area contributed by atoms with E-state index < -0.39 is 34.9 Å². The fourth-order valence-electron chi connectivity index (χ4n) is 5.12. The lowest BCUT2D eigenvalue weighted by atomic mass is 10.0. The molecule has 7 nitrogen and oxygen atoms in total. The van der Waals surface area contributed by atoms with Crippen LogP contribution in [0.3, 0.4) is 0 Å². The van der Waals surface area contributed by atoms with E-state index in [1.165, 1.54) is 86.9 Å². The Morgan fingerprint density at radius 3 is 1.71 bits per heavy atom. The lowest BCUT2D eigenvalue weighted by molar-refractivity contribution is -0.138. The molecule has 0 aliphatic carbocycles. The topological polar surface area (TPSA) is 93.2 Å². The first-order chi connectivity index (χ1) is 27.5. The third kappa shape index (κ3) is 10.9. The number of anilines is 2. The first-order valence-electron chi connectivity index (χ1n) is 16.4. The van der Waals surface area contributed by atoms with Crippen LogP contribution in [0.25, 0.3) is 0 Å². The number of benzene rings is 4. The van der Waals surface area contributed by atoms with Gasteiger partial charge in [0, 0.05) is 27.2 Å². The number of ketones is 2. The maximum atomic E-state index is 14.3. The third-order valence-corrected chi connectivity index (χ3v) is 10.7. The number of aryl methyl sites for hydroxylation is 2. The number of hydrogen-bond acceptors (Lipinski definition) is 9. The van der Waals surface area contributed by atoms with Crippen LogP contribution in [-0.2, 0) is 6.18 Å². The van der Waals surface area contributed by atoms with Gasteiger partial charge < -0.3 is 14.2 Å². The molecule has 0 radical (unpaired) electrons. The number of nitrogens with zero attached hydrogens (tertiary/aromatic N) is 2. The lowest BCUT2D eigenvalue weighted by Gasteiger charge is -2.14. The molecule has 0 amide bonds. The number of carbonyl (C=O) groups is 2. The third-order valence-electron chi connectivity index (χ3n) is 7.95. The van der Waals surface area contributed by atoms with Gasteiger partial charge in [0.15, 0.2) is 0 Å². The van der Waals surface area contributed by atoms with Gasteiger partial charge in [-0.3, -0.25) is 9.59 Å². The summed E-state index contributed by atoms with van der Waals surface area (Å²) in [6.07, 6.45) is -1.96. The highest BCUT2D eigenvalue weighted by molar-refractivity contribution is 8.00. The molecule has 18 heteroatoms. The summed E-state index contributed by atoms with van der Waals surface area (Å²) in [5.41, 5.74) is 0.00756. The van der Waals surface area contributed by atoms with Crippen molar-refractivity contribution in [3.05, 3.63) is 168 Å². The summed E-state index contributed by atoms with van der Waals surface area (Å²) < 4.78 is 78.9. The Labute approximate surface area is 357 Å². The number of rotatable bonds is 11. The number of carbonyl (C=O) groups excluding carboxylic acids is 2. The van der Waals surface area contributed by atoms with E-state index in [4.69, 9.17) is 51.1 Å². The van der Waals surface area contributed by atoms with Crippen molar-refractivity contribution in [2.45, 2.75) is 29.8 Å². The summed E-state index contributed by atoms with van der Waals surface area (Å²) in [5.74, 6) is -2.89. The predicted octanol–water partition coefficient (Wildman–Crippen LogP) is 13.4. The van der Waals surface area contributed by atoms with Gasteiger partial charge in [0.25, 0.3) is 0 Å². The maximum Gasteiger partial charge on any atom is 0.416 e. The SMILES string of the molecule is COc1cccc(F)c1C(=O)c1ncc(Cl)cc1NSc1ccc(C)c(C(F)(F)F)c1.Cc1cc(SNc2cc(Cl)cnc2C(=O)c2c(F)cccc2Cl)ccc1Cl. The van der Waals surface area contributed by atoms with E-state index >= 15 is 0 Å². The van der Waals surface area contributed by atoms with Gasteiger partial charge in [0.1, 0.15) is 34.3 Å². The van der Waals surface area contributed by atoms with Crippen LogP contribution in [-0.4, -0.2) is 28.6 Å². The van der Waals surface area contributed by atoms with E-state index in [9.17, 15) is 31.5 Å². The molecular weight excluding hydrogens is 885 g/mol. The van der Waals surface area contributed by atoms with Gasteiger partial charge in [-0.25, -0.2) is 18.7 Å². The number of pyridine rings is 2. The largest absolute Gasteiger partial charge is 0.496 e. The Morgan fingerprint density at radius 1 is 0.655 bits per heavy atom. The standard InChI is InChI=1S/C21H15ClF4N2O2S.C19H12Cl3FN2OS/c1-11-6-7-13(9-14(11)21(24,25)26)31-28-16-8-12(22)10-27-19(16)20(29)18-15(23)4-3-5-17(18)30-2;1-10-7-12(5-6-13(10)21)27-25-16-8-11(20)9-24-18(16)19(26)17-14(22)3-2-4-15(17)23/h3-10,28H,1-2H3;2-9,25H,1H3. The average Bonchev–Trinajstić information content (AvgIpc) is 3.17. The molecule has 0 aliphatic rings. The van der Waals surface area contributed by atoms with Crippen molar-refractivity contribution in [1.82, 2.24) is 9.97 Å². The average molecular weight is 913 g/mol. The number of hydrogen-bond donors (Lipinski definition) is 2. The molecule has 0 spiro atoms. The normalized spacial score (nSPS) is 11.0. The van der Waals surface area contributed by atoms with Gasteiger partial charge in [-0.05, 0) is 116 Å². The fraction of sp³-hybridized carbons (Fsp3) is 0.100. The molecule has 2 aromatic heterocycles. The molecule has 6 aromatic rings. The first-order valence-corrected chi connectivity index (χ1v) is 19.6. The van der Waals surface area contributed by atoms with Crippen LogP contribution in [0.2, 0.25) is 20.1 Å². The summed E-state index contributed by atoms with van der Waals surface area (Å²) in [7, 11) is 1.30. The minimum Gasteiger partial charge on any atom is -0.496 e. The highest BCUT2D eigenvalue weighted by atomic mass is 35.5. The number of ether oxygens (including phenoxy) is 1. The van der Waals surface area contributed by atoms with Gasteiger partial charge in [-0.1, -0.05) is 64.6 Å². The van der Waals surface area contributed by atoms with Crippen LogP contribution in [0.15, 0.2) is 107 Å². The molecule has 0 fully saturated rings. The number of alkyl halides is 3. The zero-order valence-electron chi connectivity index (χ0n) is 30.1. The van der Waals surface area contributed by atoms with Crippen LogP contribution < -0.4 is 14.2 Å². The number of nitrogens with one attached hydrogen (secondary N) is 2. The van der Waals surface area contributed by atoms with E-state index in [-0.39, 0.29) is 54.5 Å². The van der Waals surface area contributed by atoms with Crippen molar-refractivity contribution >= 4 is 93.2 Å². The Bertz CT molecular complexity index is 2490. The molecule has 300 valence electrons. The molecule has 0 aliphatic heterocycles. The van der Waals surface area contributed by atoms with Gasteiger partial charge in [-0.15, -0.1) is 0 Å². The zero-order chi connectivity index (χ0) is 42.3. The van der Waals surface area contributed by atoms with Crippen LogP contribution >= 0.6 is 70.3 Å². The number of halogens is 9. The van der Waals surface area contributed by atoms with Crippen molar-refractivity contribution in [2.75, 3.05) is 16.6 Å². The van der Waals surface area contributed by atoms with E-state index in [1.54, 1.807) is 12.1 Å². The molecule has 58 heavy (non-hydrogen) atoms. The summed E-state index contributed by atoms with van der Waals surface area (Å²) >= 11 is 26.1. The predicted molar refractivity (Wildman–Crippen MR) is 221 cm³/mol. The smallest absolute Gasteiger partial charge is 0.416 e. The summed E-state index contributed by atoms with van der Waals surface area (Å²) in [4.78, 5) is 35.0. The van der Waals surface area contributed by atoms with Crippen LogP contribution in [0.4, 0.5) is 33.3 Å². The Balaban J connectivity index is 0.000000223. The van der Waals surface area contributed by atoms with Crippen molar-refractivity contribution in [2.24, 2.45) is 0 Å². The van der Waals surface area contributed by atoms with Crippen LogP contribution in [0.5, 0.6) is 5.75 Å². The summed E-state index contributed by atoms with van der Waals surface area (Å²) in [6.45, 7) is 3.26. The first kappa shape index (κ1) is 44.5. The molecular formula is C40H27Cl4F5N4O3S2. The van der Waals surface area contributed by atoms with E-state index in [0.717, 1.165) is 34.5 Å². The van der Waals surface area contributed by atoms with Crippen molar-refractivity contribution in [3.63, 3.8) is 0 Å². The highest BCUT2D eigenvalue weighted by Gasteiger charge is 2.32. The lowest BCUT2D eigenvalue weighted by Crippen LogP contribution is -2.11. The second kappa shape index (κ2) is 19.5. The van der Waals surface area contributed by atoms with Crippen molar-refractivity contribution < 1.29 is 36.3 Å². The molecule has 0 unspecified atom stereocenters. The van der Waals surface area contributed by atoms with Gasteiger partial charge >= 0.3 is 6.18 Å². The minimum absolute atomic E-state index is 0.0173. The van der Waals surface area contributed by atoms with E-state index in [1.807, 2.05) is 19.1 Å². The molecule has 0 saturated carbocycles. The summed E-state index contributed by atoms with van der Waals surface area (Å²) in [5, 5.41) is 1.19. The second-order valence-electron chi connectivity index (χ2n) is 12.0. The second-order valence-corrected chi connectivity index (χ2v) is 15.4. The fourth-order valence-corrected chi connectivity index (χ4v) is 7.25. The molecule has 2 heterocycles. The van der Waals surface area contributed by atoms with Crippen molar-refractivity contribution in [1.29, 1.82) is 0 Å². The van der Waals surface area contributed by atoms with E-state index in [2.05, 4.69) is 19.4 Å². The number of aromatic nitrogens is 2. The summed E-state index contributed by atoms with van der Waals surface area (Å²) in [6, 6.07) is 20.3. The van der Waals surface area contributed by atoms with Crippen LogP contribution in [0, 0.1) is 25.5 Å². The van der Waals surface area contributed by atoms with Gasteiger partial charge in [0.2, 0.25) is 11.6 Å². The van der Waals surface area contributed by atoms with E-state index in [0.29, 0.717) is 15.7 Å². The molecule has 6 rings (SSSR count). The quantitative estimate of drug-likeness (QED) is 0.0749. The Hall–Kier alpha value is -4.57. The monoisotopic (exact) mass is 910 g/mol. The molecule has 0 atom stereocenters. The van der Waals surface area contributed by atoms with Gasteiger partial charge in [0.05, 0.1) is 44.7 Å². The minimum atomic E-state index is -4.50. The molecule has 2 N–H and O–H groups in total. The van der Waals surface area contributed by atoms with Gasteiger partial charge in [-0.2, -0.15) is 13.2 Å². The molecule has 4 aromatic carbocycles. The Morgan fingerprint density at radius 2 is 1.17 bits per heavy atom. The Kier molecular flexibility index (Phi) is 14.9. The number of methoxy groups -OCH3 is 1. The molecule has 0 saturated heterocycles. The zero-order valence-corrected chi connectivity index (χ0v) is 34.7. The highest BCUT2D eigenvalue weighted by Crippen LogP contribution is 2.36. The maximum absolute atomic E-state index is 14.3. The molecule has 0 bridgehead atoms. The van der Waals surface area contributed by atoms with Crippen molar-refractivity contribution in [3.8, 4) is 5.75 Å². The van der Waals surface area contributed by atoms with Crippen LogP contribution in [0.1, 0.15) is 48.8 Å².